The van der Waals surface area contributed by atoms with Crippen LogP contribution < -0.4 is 5.32 Å². The highest BCUT2D eigenvalue weighted by Gasteiger charge is 2.29. The van der Waals surface area contributed by atoms with Gasteiger partial charge in [0, 0.05) is 24.7 Å². The number of imidazole rings is 1. The molecule has 0 saturated heterocycles. The monoisotopic (exact) mass is 428 g/mol. The first-order valence-electron chi connectivity index (χ1n) is 11.7. The van der Waals surface area contributed by atoms with Crippen LogP contribution >= 0.6 is 0 Å². The lowest BCUT2D eigenvalue weighted by Gasteiger charge is -2.25. The van der Waals surface area contributed by atoms with E-state index in [1.165, 1.54) is 19.3 Å². The maximum atomic E-state index is 13.7. The van der Waals surface area contributed by atoms with Crippen LogP contribution in [-0.4, -0.2) is 30.2 Å². The van der Waals surface area contributed by atoms with E-state index >= 15 is 0 Å². The van der Waals surface area contributed by atoms with Crippen LogP contribution in [0.4, 0.5) is 5.95 Å². The second kappa shape index (κ2) is 7.43. The lowest BCUT2D eigenvalue weighted by Crippen LogP contribution is -2.20. The van der Waals surface area contributed by atoms with Crippen LogP contribution in [0, 0.1) is 6.92 Å². The second-order valence-electron chi connectivity index (χ2n) is 9.32. The molecule has 2 aliphatic carbocycles. The van der Waals surface area contributed by atoms with Gasteiger partial charge in [-0.3, -0.25) is 14.8 Å². The minimum atomic E-state index is -0.136. The number of para-hydroxylation sites is 2. The number of amides is 1. The van der Waals surface area contributed by atoms with E-state index in [0.29, 0.717) is 23.5 Å². The van der Waals surface area contributed by atoms with Gasteiger partial charge in [-0.15, -0.1) is 0 Å². The number of benzene rings is 1. The molecule has 0 radical (unpaired) electrons. The predicted molar refractivity (Wildman–Crippen MR) is 125 cm³/mol. The summed E-state index contributed by atoms with van der Waals surface area (Å²) in [7, 11) is 1.89. The third kappa shape index (κ3) is 3.18. The highest BCUT2D eigenvalue weighted by atomic mass is 16.1. The zero-order valence-corrected chi connectivity index (χ0v) is 18.6. The van der Waals surface area contributed by atoms with Crippen LogP contribution in [0.25, 0.3) is 22.1 Å². The minimum Gasteiger partial charge on any atom is -0.307 e. The number of carbonyl (C=O) groups is 1. The Bertz CT molecular complexity index is 1340. The van der Waals surface area contributed by atoms with Crippen molar-refractivity contribution in [3.63, 3.8) is 0 Å². The van der Waals surface area contributed by atoms with Crippen molar-refractivity contribution in [3.8, 4) is 0 Å². The molecule has 3 heterocycles. The van der Waals surface area contributed by atoms with Crippen LogP contribution in [-0.2, 0) is 7.05 Å². The van der Waals surface area contributed by atoms with Gasteiger partial charge in [-0.25, -0.2) is 9.97 Å². The molecule has 0 atom stereocenters. The van der Waals surface area contributed by atoms with Crippen molar-refractivity contribution >= 4 is 33.9 Å². The van der Waals surface area contributed by atoms with Gasteiger partial charge in [0.1, 0.15) is 0 Å². The number of rotatable bonds is 4. The molecule has 3 aromatic heterocycles. The number of aryl methyl sites for hydroxylation is 2. The topological polar surface area (TPSA) is 77.6 Å². The van der Waals surface area contributed by atoms with Gasteiger partial charge in [0.05, 0.1) is 27.7 Å². The summed E-state index contributed by atoms with van der Waals surface area (Å²) in [5, 5.41) is 8.55. The molecule has 1 N–H and O–H groups in total. The zero-order chi connectivity index (χ0) is 21.8. The van der Waals surface area contributed by atoms with Crippen LogP contribution in [0.2, 0.25) is 0 Å². The molecule has 0 aliphatic heterocycles. The molecule has 4 aromatic rings. The fourth-order valence-electron chi connectivity index (χ4n) is 5.24. The number of aromatic nitrogens is 5. The summed E-state index contributed by atoms with van der Waals surface area (Å²) in [4.78, 5) is 23.3. The Morgan fingerprint density at radius 1 is 1.06 bits per heavy atom. The lowest BCUT2D eigenvalue weighted by molar-refractivity contribution is 0.102. The molecule has 7 nitrogen and oxygen atoms in total. The first kappa shape index (κ1) is 19.5. The number of carbonyl (C=O) groups excluding carboxylic acids is 1. The maximum absolute atomic E-state index is 13.7. The molecule has 6 rings (SSSR count). The van der Waals surface area contributed by atoms with Crippen LogP contribution in [0.15, 0.2) is 30.3 Å². The van der Waals surface area contributed by atoms with E-state index in [1.54, 1.807) is 4.68 Å². The smallest absolute Gasteiger partial charge is 0.258 e. The van der Waals surface area contributed by atoms with Gasteiger partial charge in [-0.05, 0) is 50.8 Å². The van der Waals surface area contributed by atoms with Crippen molar-refractivity contribution in [1.82, 2.24) is 24.3 Å². The van der Waals surface area contributed by atoms with E-state index in [9.17, 15) is 4.79 Å². The van der Waals surface area contributed by atoms with Crippen molar-refractivity contribution in [2.75, 3.05) is 5.32 Å². The largest absolute Gasteiger partial charge is 0.307 e. The number of anilines is 1. The van der Waals surface area contributed by atoms with Gasteiger partial charge in [0.2, 0.25) is 5.95 Å². The summed E-state index contributed by atoms with van der Waals surface area (Å²) in [6.45, 7) is 1.94. The van der Waals surface area contributed by atoms with Crippen molar-refractivity contribution in [3.05, 3.63) is 47.3 Å². The first-order chi connectivity index (χ1) is 15.6. The summed E-state index contributed by atoms with van der Waals surface area (Å²) < 4.78 is 4.03. The van der Waals surface area contributed by atoms with E-state index in [4.69, 9.17) is 9.97 Å². The summed E-state index contributed by atoms with van der Waals surface area (Å²) in [6.07, 6.45) is 8.22. The summed E-state index contributed by atoms with van der Waals surface area (Å²) >= 11 is 0. The van der Waals surface area contributed by atoms with Crippen LogP contribution in [0.5, 0.6) is 0 Å². The van der Waals surface area contributed by atoms with Gasteiger partial charge in [0.25, 0.3) is 5.91 Å². The number of nitrogens with zero attached hydrogens (tertiary/aromatic N) is 5. The van der Waals surface area contributed by atoms with Gasteiger partial charge >= 0.3 is 0 Å². The average Bonchev–Trinajstić information content (AvgIpc) is 3.54. The molecule has 164 valence electrons. The Hall–Kier alpha value is -3.22. The Kier molecular flexibility index (Phi) is 4.52. The molecule has 0 unspecified atom stereocenters. The standard InChI is InChI=1S/C25H28N6O/c1-15-22-18(14-20(16-12-13-16)26-23(22)30(2)29-15)24(32)28-25-27-19-10-6-7-11-21(19)31(25)17-8-4-3-5-9-17/h6-7,10-11,14,16-17H,3-5,8-9,12-13H2,1-2H3,(H,27,28,32). The SMILES string of the molecule is Cc1nn(C)c2nc(C3CC3)cc(C(=O)Nc3nc4ccccc4n3C3CCCCC3)c12. The van der Waals surface area contributed by atoms with Gasteiger partial charge in [-0.2, -0.15) is 5.10 Å². The zero-order valence-electron chi connectivity index (χ0n) is 18.6. The molecule has 0 spiro atoms. The average molecular weight is 429 g/mol. The molecular formula is C25H28N6O. The van der Waals surface area contributed by atoms with E-state index < -0.39 is 0 Å². The molecule has 7 heteroatoms. The molecule has 1 amide bonds. The Balaban J connectivity index is 1.45. The summed E-state index contributed by atoms with van der Waals surface area (Å²) in [6, 6.07) is 10.5. The van der Waals surface area contributed by atoms with Crippen molar-refractivity contribution in [2.24, 2.45) is 7.05 Å². The summed E-state index contributed by atoms with van der Waals surface area (Å²) in [5.74, 6) is 0.957. The van der Waals surface area contributed by atoms with Gasteiger partial charge < -0.3 is 4.57 Å². The normalized spacial score (nSPS) is 17.3. The van der Waals surface area contributed by atoms with Gasteiger partial charge in [-0.1, -0.05) is 31.4 Å². The van der Waals surface area contributed by atoms with E-state index in [2.05, 4.69) is 21.0 Å². The van der Waals surface area contributed by atoms with Crippen LogP contribution in [0.1, 0.15) is 78.7 Å². The Morgan fingerprint density at radius 2 is 1.84 bits per heavy atom. The van der Waals surface area contributed by atoms with Crippen molar-refractivity contribution < 1.29 is 4.79 Å². The molecular weight excluding hydrogens is 400 g/mol. The lowest BCUT2D eigenvalue weighted by atomic mass is 9.95. The third-order valence-corrected chi connectivity index (χ3v) is 6.99. The molecule has 32 heavy (non-hydrogen) atoms. The van der Waals surface area contributed by atoms with Crippen molar-refractivity contribution in [2.45, 2.75) is 63.8 Å². The minimum absolute atomic E-state index is 0.136. The Morgan fingerprint density at radius 3 is 2.62 bits per heavy atom. The second-order valence-corrected chi connectivity index (χ2v) is 9.32. The highest BCUT2D eigenvalue weighted by Crippen LogP contribution is 2.41. The quantitative estimate of drug-likeness (QED) is 0.481. The highest BCUT2D eigenvalue weighted by molar-refractivity contribution is 6.12. The van der Waals surface area contributed by atoms with Crippen molar-refractivity contribution in [1.29, 1.82) is 0 Å². The molecule has 1 aromatic carbocycles. The summed E-state index contributed by atoms with van der Waals surface area (Å²) in [5.41, 5.74) is 5.24. The number of nitrogens with one attached hydrogen (secondary N) is 1. The molecule has 2 aliphatic rings. The molecule has 2 saturated carbocycles. The number of hydrogen-bond donors (Lipinski definition) is 1. The predicted octanol–water partition coefficient (Wildman–Crippen LogP) is 5.26. The molecule has 0 bridgehead atoms. The third-order valence-electron chi connectivity index (χ3n) is 6.99. The van der Waals surface area contributed by atoms with E-state index in [-0.39, 0.29) is 5.91 Å². The van der Waals surface area contributed by atoms with E-state index in [1.807, 2.05) is 38.2 Å². The number of pyridine rings is 1. The van der Waals surface area contributed by atoms with E-state index in [0.717, 1.165) is 59.1 Å². The number of hydrogen-bond acceptors (Lipinski definition) is 4. The van der Waals surface area contributed by atoms with Gasteiger partial charge in [0.15, 0.2) is 5.65 Å². The molecule has 2 fully saturated rings. The fourth-order valence-corrected chi connectivity index (χ4v) is 5.24. The number of fused-ring (bicyclic) bond motifs is 2. The fraction of sp³-hybridized carbons (Fsp3) is 0.440. The Labute approximate surface area is 186 Å². The first-order valence-corrected chi connectivity index (χ1v) is 11.7. The maximum Gasteiger partial charge on any atom is 0.258 e. The van der Waals surface area contributed by atoms with Crippen LogP contribution in [0.3, 0.4) is 0 Å².